The largest absolute Gasteiger partial charge is 0.381 e. The number of hydrogen-bond acceptors (Lipinski definition) is 4. The van der Waals surface area contributed by atoms with E-state index in [1.54, 1.807) is 12.4 Å². The molecule has 0 saturated heterocycles. The van der Waals surface area contributed by atoms with Crippen LogP contribution in [0.25, 0.3) is 11.3 Å². The highest BCUT2D eigenvalue weighted by atomic mass is 16.5. The van der Waals surface area contributed by atoms with Crippen LogP contribution in [-0.4, -0.2) is 10.1 Å². The lowest BCUT2D eigenvalue weighted by atomic mass is 10.1. The summed E-state index contributed by atoms with van der Waals surface area (Å²) in [5.41, 5.74) is 7.37. The van der Waals surface area contributed by atoms with Crippen LogP contribution in [0.5, 0.6) is 0 Å². The van der Waals surface area contributed by atoms with Crippen LogP contribution in [0.3, 0.4) is 0 Å². The van der Waals surface area contributed by atoms with Crippen molar-refractivity contribution in [2.24, 2.45) is 0 Å². The van der Waals surface area contributed by atoms with Gasteiger partial charge in [0.25, 0.3) is 0 Å². The number of rotatable bonds is 1. The van der Waals surface area contributed by atoms with Crippen molar-refractivity contribution >= 4 is 5.82 Å². The average Bonchev–Trinajstić information content (AvgIpc) is 2.49. The molecule has 0 aliphatic rings. The molecule has 66 valence electrons. The first-order valence-electron chi connectivity index (χ1n) is 3.91. The minimum Gasteiger partial charge on any atom is -0.381 e. The molecular formula is C9H9N3O. The van der Waals surface area contributed by atoms with Crippen molar-refractivity contribution in [1.82, 2.24) is 10.1 Å². The summed E-state index contributed by atoms with van der Waals surface area (Å²) in [6.07, 6.45) is 3.40. The van der Waals surface area contributed by atoms with Gasteiger partial charge in [0.15, 0.2) is 11.6 Å². The quantitative estimate of drug-likeness (QED) is 0.715. The van der Waals surface area contributed by atoms with Crippen molar-refractivity contribution < 1.29 is 4.52 Å². The van der Waals surface area contributed by atoms with Crippen molar-refractivity contribution in [2.45, 2.75) is 6.92 Å². The van der Waals surface area contributed by atoms with Gasteiger partial charge in [-0.25, -0.2) is 0 Å². The number of aromatic nitrogens is 2. The third-order valence-electron chi connectivity index (χ3n) is 1.90. The van der Waals surface area contributed by atoms with Gasteiger partial charge in [-0.3, -0.25) is 4.98 Å². The number of anilines is 1. The Morgan fingerprint density at radius 2 is 2.00 bits per heavy atom. The Labute approximate surface area is 75.4 Å². The van der Waals surface area contributed by atoms with E-state index in [2.05, 4.69) is 10.1 Å². The molecule has 0 amide bonds. The van der Waals surface area contributed by atoms with Gasteiger partial charge < -0.3 is 10.3 Å². The minimum absolute atomic E-state index is 0.437. The molecule has 2 heterocycles. The molecule has 13 heavy (non-hydrogen) atoms. The van der Waals surface area contributed by atoms with Crippen LogP contribution >= 0.6 is 0 Å². The van der Waals surface area contributed by atoms with E-state index in [4.69, 9.17) is 10.3 Å². The van der Waals surface area contributed by atoms with E-state index in [-0.39, 0.29) is 0 Å². The molecule has 0 unspecified atom stereocenters. The smallest absolute Gasteiger partial charge is 0.172 e. The highest BCUT2D eigenvalue weighted by Crippen LogP contribution is 2.25. The summed E-state index contributed by atoms with van der Waals surface area (Å²) in [5, 5.41) is 3.67. The van der Waals surface area contributed by atoms with Gasteiger partial charge in [-0.1, -0.05) is 5.16 Å². The van der Waals surface area contributed by atoms with Crippen LogP contribution in [0, 0.1) is 6.92 Å². The number of nitrogen functional groups attached to an aromatic ring is 1. The Morgan fingerprint density at radius 3 is 2.54 bits per heavy atom. The molecular weight excluding hydrogens is 166 g/mol. The Bertz CT molecular complexity index is 408. The van der Waals surface area contributed by atoms with Crippen molar-refractivity contribution in [2.75, 3.05) is 5.73 Å². The lowest BCUT2D eigenvalue weighted by Gasteiger charge is -1.94. The van der Waals surface area contributed by atoms with Crippen LogP contribution < -0.4 is 5.73 Å². The highest BCUT2D eigenvalue weighted by Gasteiger charge is 2.10. The molecule has 2 N–H and O–H groups in total. The fourth-order valence-corrected chi connectivity index (χ4v) is 1.12. The Kier molecular flexibility index (Phi) is 1.73. The zero-order chi connectivity index (χ0) is 9.26. The molecule has 0 saturated carbocycles. The van der Waals surface area contributed by atoms with Crippen LogP contribution in [0.1, 0.15) is 5.56 Å². The van der Waals surface area contributed by atoms with Crippen molar-refractivity contribution in [3.8, 4) is 11.3 Å². The fraction of sp³-hybridized carbons (Fsp3) is 0.111. The van der Waals surface area contributed by atoms with E-state index in [0.29, 0.717) is 11.6 Å². The molecule has 0 aromatic carbocycles. The zero-order valence-electron chi connectivity index (χ0n) is 7.19. The molecule has 0 spiro atoms. The molecule has 0 aliphatic heterocycles. The van der Waals surface area contributed by atoms with Gasteiger partial charge >= 0.3 is 0 Å². The van der Waals surface area contributed by atoms with Crippen LogP contribution in [0.15, 0.2) is 29.0 Å². The lowest BCUT2D eigenvalue weighted by Crippen LogP contribution is -1.86. The normalized spacial score (nSPS) is 10.2. The maximum Gasteiger partial charge on any atom is 0.172 e. The fourth-order valence-electron chi connectivity index (χ4n) is 1.12. The summed E-state index contributed by atoms with van der Waals surface area (Å²) in [6, 6.07) is 3.71. The highest BCUT2D eigenvalue weighted by molar-refractivity contribution is 5.64. The molecule has 4 nitrogen and oxygen atoms in total. The van der Waals surface area contributed by atoms with Gasteiger partial charge in [0.1, 0.15) is 0 Å². The first kappa shape index (κ1) is 7.79. The van der Waals surface area contributed by atoms with Crippen LogP contribution in [-0.2, 0) is 0 Å². The van der Waals surface area contributed by atoms with Crippen LogP contribution in [0.4, 0.5) is 5.82 Å². The van der Waals surface area contributed by atoms with Gasteiger partial charge in [-0.05, 0) is 19.1 Å². The lowest BCUT2D eigenvalue weighted by molar-refractivity contribution is 0.435. The zero-order valence-corrected chi connectivity index (χ0v) is 7.19. The van der Waals surface area contributed by atoms with Gasteiger partial charge in [-0.2, -0.15) is 0 Å². The van der Waals surface area contributed by atoms with Gasteiger partial charge in [0.05, 0.1) is 0 Å². The van der Waals surface area contributed by atoms with E-state index >= 15 is 0 Å². The molecule has 2 rings (SSSR count). The molecule has 0 fully saturated rings. The maximum atomic E-state index is 5.56. The standard InChI is InChI=1S/C9H9N3O/c1-6-8(13-12-9(6)10)7-2-4-11-5-3-7/h2-5H,1H3,(H2,10,12). The van der Waals surface area contributed by atoms with E-state index in [0.717, 1.165) is 11.1 Å². The molecule has 2 aromatic rings. The molecule has 0 radical (unpaired) electrons. The summed E-state index contributed by atoms with van der Waals surface area (Å²) < 4.78 is 5.08. The van der Waals surface area contributed by atoms with Gasteiger partial charge in [0.2, 0.25) is 0 Å². The predicted molar refractivity (Wildman–Crippen MR) is 48.9 cm³/mol. The van der Waals surface area contributed by atoms with Crippen molar-refractivity contribution in [3.05, 3.63) is 30.1 Å². The first-order chi connectivity index (χ1) is 6.29. The Hall–Kier alpha value is -1.84. The molecule has 0 atom stereocenters. The number of hydrogen-bond donors (Lipinski definition) is 1. The molecule has 0 bridgehead atoms. The van der Waals surface area contributed by atoms with Gasteiger partial charge in [0, 0.05) is 23.5 Å². The average molecular weight is 175 g/mol. The van der Waals surface area contributed by atoms with Gasteiger partial charge in [-0.15, -0.1) is 0 Å². The summed E-state index contributed by atoms with van der Waals surface area (Å²) in [5.74, 6) is 1.15. The second kappa shape index (κ2) is 2.90. The second-order valence-corrected chi connectivity index (χ2v) is 2.76. The SMILES string of the molecule is Cc1c(N)noc1-c1ccncc1. The topological polar surface area (TPSA) is 64.9 Å². The summed E-state index contributed by atoms with van der Waals surface area (Å²) in [7, 11) is 0. The third-order valence-corrected chi connectivity index (χ3v) is 1.90. The Morgan fingerprint density at radius 1 is 1.31 bits per heavy atom. The number of nitrogens with zero attached hydrogens (tertiary/aromatic N) is 2. The summed E-state index contributed by atoms with van der Waals surface area (Å²) in [6.45, 7) is 1.88. The summed E-state index contributed by atoms with van der Waals surface area (Å²) in [4.78, 5) is 3.91. The van der Waals surface area contributed by atoms with E-state index in [9.17, 15) is 0 Å². The van der Waals surface area contributed by atoms with E-state index < -0.39 is 0 Å². The van der Waals surface area contributed by atoms with Crippen molar-refractivity contribution in [1.29, 1.82) is 0 Å². The minimum atomic E-state index is 0.437. The predicted octanol–water partition coefficient (Wildman–Crippen LogP) is 1.63. The second-order valence-electron chi connectivity index (χ2n) is 2.76. The first-order valence-corrected chi connectivity index (χ1v) is 3.91. The molecule has 4 heteroatoms. The number of nitrogens with two attached hydrogens (primary N) is 1. The Balaban J connectivity index is 2.53. The summed E-state index contributed by atoms with van der Waals surface area (Å²) >= 11 is 0. The van der Waals surface area contributed by atoms with Crippen molar-refractivity contribution in [3.63, 3.8) is 0 Å². The third kappa shape index (κ3) is 1.26. The van der Waals surface area contributed by atoms with Crippen LogP contribution in [0.2, 0.25) is 0 Å². The monoisotopic (exact) mass is 175 g/mol. The van der Waals surface area contributed by atoms with E-state index in [1.807, 2.05) is 19.1 Å². The molecule has 2 aromatic heterocycles. The number of pyridine rings is 1. The van der Waals surface area contributed by atoms with E-state index in [1.165, 1.54) is 0 Å². The maximum absolute atomic E-state index is 5.56. The molecule has 0 aliphatic carbocycles.